The highest BCUT2D eigenvalue weighted by Crippen LogP contribution is 2.45. The summed E-state index contributed by atoms with van der Waals surface area (Å²) >= 11 is 0. The smallest absolute Gasteiger partial charge is 0.274 e. The number of pyridine rings is 1. The van der Waals surface area contributed by atoms with Crippen molar-refractivity contribution in [1.82, 2.24) is 4.98 Å². The molecule has 0 fully saturated rings. The molecule has 1 unspecified atom stereocenters. The molecule has 0 saturated heterocycles. The van der Waals surface area contributed by atoms with Crippen molar-refractivity contribution >= 4 is 27.3 Å². The molecule has 3 N–H and O–H groups in total. The van der Waals surface area contributed by atoms with Crippen molar-refractivity contribution in [3.63, 3.8) is 0 Å². The minimum absolute atomic E-state index is 0.0769. The number of amidine groups is 1. The first kappa shape index (κ1) is 20.5. The van der Waals surface area contributed by atoms with Crippen molar-refractivity contribution < 1.29 is 17.6 Å². The van der Waals surface area contributed by atoms with Gasteiger partial charge in [-0.15, -0.1) is 0 Å². The lowest BCUT2D eigenvalue weighted by Gasteiger charge is -2.43. The molecule has 7 nitrogen and oxygen atoms in total. The van der Waals surface area contributed by atoms with Crippen LogP contribution < -0.4 is 11.1 Å². The average molecular weight is 431 g/mol. The number of hydrogen-bond acceptors (Lipinski definition) is 6. The van der Waals surface area contributed by atoms with Crippen LogP contribution in [0.2, 0.25) is 0 Å². The number of anilines is 1. The van der Waals surface area contributed by atoms with E-state index in [2.05, 4.69) is 10.3 Å². The van der Waals surface area contributed by atoms with E-state index in [1.807, 2.05) is 6.07 Å². The van der Waals surface area contributed by atoms with Crippen LogP contribution in [-0.2, 0) is 21.8 Å². The van der Waals surface area contributed by atoms with Gasteiger partial charge < -0.3 is 11.1 Å². The number of carbonyl (C=O) groups excluding carboxylic acids is 1. The third-order valence-electron chi connectivity index (χ3n) is 6.02. The quantitative estimate of drug-likeness (QED) is 0.760. The number of aromatic nitrogens is 1. The van der Waals surface area contributed by atoms with Crippen molar-refractivity contribution in [3.8, 4) is 0 Å². The Morgan fingerprint density at radius 2 is 2.00 bits per heavy atom. The molecule has 1 aliphatic heterocycles. The van der Waals surface area contributed by atoms with Gasteiger partial charge in [-0.25, -0.2) is 17.8 Å². The third kappa shape index (κ3) is 3.27. The minimum Gasteiger partial charge on any atom is -0.386 e. The molecule has 0 radical (unpaired) electrons. The van der Waals surface area contributed by atoms with E-state index in [4.69, 9.17) is 10.7 Å². The number of nitrogens with two attached hydrogens (primary N) is 1. The van der Waals surface area contributed by atoms with Gasteiger partial charge in [-0.2, -0.15) is 0 Å². The first-order chi connectivity index (χ1) is 14.0. The summed E-state index contributed by atoms with van der Waals surface area (Å²) in [7, 11) is -3.53. The number of nitrogens with one attached hydrogen (secondary N) is 1. The molecule has 9 heteroatoms. The number of benzene rings is 1. The monoisotopic (exact) mass is 430 g/mol. The van der Waals surface area contributed by atoms with E-state index in [1.165, 1.54) is 6.07 Å². The predicted molar refractivity (Wildman–Crippen MR) is 113 cm³/mol. The average Bonchev–Trinajstić information content (AvgIpc) is 2.67. The van der Waals surface area contributed by atoms with E-state index < -0.39 is 31.8 Å². The van der Waals surface area contributed by atoms with E-state index in [1.54, 1.807) is 26.0 Å². The molecule has 30 heavy (non-hydrogen) atoms. The second-order valence-corrected chi connectivity index (χ2v) is 10.9. The van der Waals surface area contributed by atoms with Crippen LogP contribution >= 0.6 is 0 Å². The second-order valence-electron chi connectivity index (χ2n) is 8.34. The summed E-state index contributed by atoms with van der Waals surface area (Å²) in [5.74, 6) is -1.04. The number of amides is 1. The molecule has 2 aromatic rings. The maximum Gasteiger partial charge on any atom is 0.274 e. The summed E-state index contributed by atoms with van der Waals surface area (Å²) in [5, 5.41) is 2.74. The standard InChI is InChI=1S/C21H23FN4O3S/c1-20(2)19(23)26-21(12-30(20,28)29)9-3-4-13-5-7-15(10-16(13)21)25-18(27)17-8-6-14(22)11-24-17/h5-8,10-11H,3-4,9,12H2,1-2H3,(H2,23,26)(H,25,27). The molecule has 4 rings (SSSR count). The Labute approximate surface area is 174 Å². The van der Waals surface area contributed by atoms with Crippen LogP contribution in [0.5, 0.6) is 0 Å². The number of nitrogens with zero attached hydrogens (tertiary/aromatic N) is 2. The SMILES string of the molecule is CC1(C)C(N)=NC2(CCCc3ccc(NC(=O)c4ccc(F)cn4)cc32)CS1(=O)=O. The van der Waals surface area contributed by atoms with Crippen LogP contribution in [0.25, 0.3) is 0 Å². The van der Waals surface area contributed by atoms with Crippen LogP contribution in [0.3, 0.4) is 0 Å². The Morgan fingerprint density at radius 1 is 1.23 bits per heavy atom. The maximum atomic E-state index is 13.1. The fraction of sp³-hybridized carbons (Fsp3) is 0.381. The number of hydrogen-bond donors (Lipinski definition) is 2. The fourth-order valence-electron chi connectivity index (χ4n) is 4.03. The molecule has 0 saturated carbocycles. The van der Waals surface area contributed by atoms with Crippen molar-refractivity contribution in [2.24, 2.45) is 10.7 Å². The van der Waals surface area contributed by atoms with Gasteiger partial charge in [-0.3, -0.25) is 9.79 Å². The fourth-order valence-corrected chi connectivity index (χ4v) is 5.75. The molecular weight excluding hydrogens is 407 g/mol. The molecule has 2 aliphatic rings. The summed E-state index contributed by atoms with van der Waals surface area (Å²) in [6.45, 7) is 3.15. The summed E-state index contributed by atoms with van der Waals surface area (Å²) in [6, 6.07) is 7.86. The van der Waals surface area contributed by atoms with Gasteiger partial charge in [0.15, 0.2) is 9.84 Å². The third-order valence-corrected chi connectivity index (χ3v) is 8.64. The summed E-state index contributed by atoms with van der Waals surface area (Å²) < 4.78 is 37.8. The van der Waals surface area contributed by atoms with Gasteiger partial charge in [0.2, 0.25) is 0 Å². The predicted octanol–water partition coefficient (Wildman–Crippen LogP) is 2.57. The molecule has 1 atom stereocenters. The topological polar surface area (TPSA) is 115 Å². The van der Waals surface area contributed by atoms with Crippen molar-refractivity contribution in [2.75, 3.05) is 11.1 Å². The highest BCUT2D eigenvalue weighted by molar-refractivity contribution is 7.93. The molecule has 1 amide bonds. The van der Waals surface area contributed by atoms with Crippen molar-refractivity contribution in [3.05, 3.63) is 59.2 Å². The number of aliphatic imine (C=N–C) groups is 1. The van der Waals surface area contributed by atoms with Gasteiger partial charge >= 0.3 is 0 Å². The summed E-state index contributed by atoms with van der Waals surface area (Å²) in [5.41, 5.74) is 7.48. The minimum atomic E-state index is -3.53. The second kappa shape index (κ2) is 6.87. The van der Waals surface area contributed by atoms with Crippen LogP contribution in [0.4, 0.5) is 10.1 Å². The van der Waals surface area contributed by atoms with E-state index in [0.717, 1.165) is 36.2 Å². The number of aryl methyl sites for hydroxylation is 1. The number of sulfone groups is 1. The van der Waals surface area contributed by atoms with Gasteiger partial charge in [-0.1, -0.05) is 6.07 Å². The number of carbonyl (C=O) groups is 1. The maximum absolute atomic E-state index is 13.1. The number of halogens is 1. The largest absolute Gasteiger partial charge is 0.386 e. The van der Waals surface area contributed by atoms with Gasteiger partial charge in [0.05, 0.1) is 11.9 Å². The Balaban J connectivity index is 1.73. The number of fused-ring (bicyclic) bond motifs is 2. The first-order valence-corrected chi connectivity index (χ1v) is 11.3. The Bertz CT molecular complexity index is 1160. The summed E-state index contributed by atoms with van der Waals surface area (Å²) in [6.07, 6.45) is 3.13. The highest BCUT2D eigenvalue weighted by Gasteiger charge is 2.51. The number of rotatable bonds is 2. The Kier molecular flexibility index (Phi) is 4.68. The van der Waals surface area contributed by atoms with Gasteiger partial charge in [0.25, 0.3) is 5.91 Å². The van der Waals surface area contributed by atoms with Crippen molar-refractivity contribution in [1.29, 1.82) is 0 Å². The van der Waals surface area contributed by atoms with Gasteiger partial charge in [-0.05, 0) is 68.5 Å². The Morgan fingerprint density at radius 3 is 2.67 bits per heavy atom. The molecule has 1 aliphatic carbocycles. The van der Waals surface area contributed by atoms with E-state index in [-0.39, 0.29) is 17.3 Å². The lowest BCUT2D eigenvalue weighted by Crippen LogP contribution is -2.56. The van der Waals surface area contributed by atoms with E-state index in [9.17, 15) is 17.6 Å². The van der Waals surface area contributed by atoms with Crippen LogP contribution in [-0.4, -0.2) is 35.6 Å². The van der Waals surface area contributed by atoms with Gasteiger partial charge in [0, 0.05) is 5.69 Å². The highest BCUT2D eigenvalue weighted by atomic mass is 32.2. The lowest BCUT2D eigenvalue weighted by molar-refractivity contribution is 0.102. The normalized spacial score (nSPS) is 24.0. The Hall–Kier alpha value is -2.81. The molecule has 158 valence electrons. The van der Waals surface area contributed by atoms with Crippen LogP contribution in [0, 0.1) is 5.82 Å². The zero-order valence-electron chi connectivity index (χ0n) is 16.8. The van der Waals surface area contributed by atoms with E-state index in [0.29, 0.717) is 12.1 Å². The zero-order valence-corrected chi connectivity index (χ0v) is 17.6. The molecular formula is C21H23FN4O3S. The summed E-state index contributed by atoms with van der Waals surface area (Å²) in [4.78, 5) is 20.9. The molecule has 1 aromatic heterocycles. The van der Waals surface area contributed by atoms with E-state index >= 15 is 0 Å². The molecule has 1 spiro atoms. The zero-order chi connectivity index (χ0) is 21.7. The lowest BCUT2D eigenvalue weighted by atomic mass is 9.77. The molecule has 0 bridgehead atoms. The molecule has 1 aromatic carbocycles. The van der Waals surface area contributed by atoms with Crippen LogP contribution in [0.1, 0.15) is 48.3 Å². The molecule has 2 heterocycles. The van der Waals surface area contributed by atoms with Gasteiger partial charge in [0.1, 0.15) is 27.6 Å². The van der Waals surface area contributed by atoms with Crippen molar-refractivity contribution in [2.45, 2.75) is 43.4 Å². The first-order valence-electron chi connectivity index (χ1n) is 9.68. The van der Waals surface area contributed by atoms with Crippen LogP contribution in [0.15, 0.2) is 41.5 Å².